The highest BCUT2D eigenvalue weighted by atomic mass is 16.1. The minimum Gasteiger partial charge on any atom is -0.369 e. The first-order valence-electron chi connectivity index (χ1n) is 8.11. The van der Waals surface area contributed by atoms with Crippen molar-refractivity contribution in [3.05, 3.63) is 40.9 Å². The van der Waals surface area contributed by atoms with Gasteiger partial charge in [0.05, 0.1) is 23.1 Å². The van der Waals surface area contributed by atoms with Crippen LogP contribution in [-0.4, -0.2) is 40.0 Å². The van der Waals surface area contributed by atoms with Crippen molar-refractivity contribution in [2.24, 2.45) is 11.7 Å². The van der Waals surface area contributed by atoms with Crippen molar-refractivity contribution in [2.75, 3.05) is 19.6 Å². The highest BCUT2D eigenvalue weighted by Crippen LogP contribution is 2.16. The van der Waals surface area contributed by atoms with Crippen molar-refractivity contribution in [2.45, 2.75) is 25.8 Å². The molecule has 3 rings (SSSR count). The van der Waals surface area contributed by atoms with Crippen LogP contribution in [0.15, 0.2) is 35.4 Å². The number of hydrogen-bond donors (Lipinski definition) is 1. The summed E-state index contributed by atoms with van der Waals surface area (Å²) >= 11 is 0. The van der Waals surface area contributed by atoms with Gasteiger partial charge in [-0.25, -0.2) is 4.98 Å². The van der Waals surface area contributed by atoms with Crippen LogP contribution in [0.5, 0.6) is 0 Å². The lowest BCUT2D eigenvalue weighted by molar-refractivity contribution is -0.123. The van der Waals surface area contributed by atoms with Gasteiger partial charge in [0.25, 0.3) is 5.56 Å². The van der Waals surface area contributed by atoms with Crippen LogP contribution in [0.4, 0.5) is 0 Å². The fourth-order valence-corrected chi connectivity index (χ4v) is 3.22. The van der Waals surface area contributed by atoms with Crippen molar-refractivity contribution in [1.82, 2.24) is 14.5 Å². The fourth-order valence-electron chi connectivity index (χ4n) is 3.22. The van der Waals surface area contributed by atoms with E-state index in [0.29, 0.717) is 11.9 Å². The first-order valence-corrected chi connectivity index (χ1v) is 8.11. The van der Waals surface area contributed by atoms with Gasteiger partial charge in [-0.3, -0.25) is 14.2 Å². The number of hydrogen-bond acceptors (Lipinski definition) is 4. The van der Waals surface area contributed by atoms with E-state index in [0.717, 1.165) is 44.4 Å². The van der Waals surface area contributed by atoms with Gasteiger partial charge in [0.2, 0.25) is 5.91 Å². The van der Waals surface area contributed by atoms with Crippen LogP contribution in [0.3, 0.4) is 0 Å². The number of aromatic nitrogens is 2. The lowest BCUT2D eigenvalue weighted by atomic mass is 9.97. The van der Waals surface area contributed by atoms with Crippen molar-refractivity contribution in [1.29, 1.82) is 0 Å². The number of primary amides is 1. The summed E-state index contributed by atoms with van der Waals surface area (Å²) in [7, 11) is 0. The number of likely N-dealkylation sites (tertiary alicyclic amines) is 1. The summed E-state index contributed by atoms with van der Waals surface area (Å²) in [4.78, 5) is 30.3. The van der Waals surface area contributed by atoms with Crippen LogP contribution in [0.2, 0.25) is 0 Å². The molecular weight excluding hydrogens is 292 g/mol. The molecule has 2 heterocycles. The molecule has 6 nitrogen and oxygen atoms in total. The standard InChI is InChI=1S/C17H22N4O2/c18-16(22)13-5-3-8-20(11-13)9-4-10-21-12-19-15-7-2-1-6-14(15)17(21)23/h1-2,6-7,12-13H,3-5,8-11H2,(H2,18,22). The van der Waals surface area contributed by atoms with Crippen molar-refractivity contribution in [3.63, 3.8) is 0 Å². The second-order valence-corrected chi connectivity index (χ2v) is 6.16. The molecule has 0 aliphatic carbocycles. The average Bonchev–Trinajstić information content (AvgIpc) is 2.57. The molecule has 23 heavy (non-hydrogen) atoms. The van der Waals surface area contributed by atoms with Crippen molar-refractivity contribution in [3.8, 4) is 0 Å². The highest BCUT2D eigenvalue weighted by molar-refractivity contribution is 5.77. The maximum absolute atomic E-state index is 12.4. The van der Waals surface area contributed by atoms with Crippen molar-refractivity contribution >= 4 is 16.8 Å². The Bertz CT molecular complexity index is 756. The average molecular weight is 314 g/mol. The molecule has 0 radical (unpaired) electrons. The molecule has 1 amide bonds. The van der Waals surface area contributed by atoms with E-state index >= 15 is 0 Å². The van der Waals surface area contributed by atoms with E-state index in [4.69, 9.17) is 5.73 Å². The van der Waals surface area contributed by atoms with Gasteiger partial charge < -0.3 is 10.6 Å². The van der Waals surface area contributed by atoms with Crippen LogP contribution in [0.25, 0.3) is 10.9 Å². The predicted molar refractivity (Wildman–Crippen MR) is 89.0 cm³/mol. The Balaban J connectivity index is 1.60. The number of fused-ring (bicyclic) bond motifs is 1. The van der Waals surface area contributed by atoms with Gasteiger partial charge >= 0.3 is 0 Å². The van der Waals surface area contributed by atoms with Gasteiger partial charge in [-0.2, -0.15) is 0 Å². The largest absolute Gasteiger partial charge is 0.369 e. The molecule has 1 fully saturated rings. The number of para-hydroxylation sites is 1. The van der Waals surface area contributed by atoms with E-state index in [9.17, 15) is 9.59 Å². The lowest BCUT2D eigenvalue weighted by Crippen LogP contribution is -2.41. The van der Waals surface area contributed by atoms with Crippen molar-refractivity contribution < 1.29 is 4.79 Å². The summed E-state index contributed by atoms with van der Waals surface area (Å²) in [5, 5.41) is 0.654. The first-order chi connectivity index (χ1) is 11.1. The summed E-state index contributed by atoms with van der Waals surface area (Å²) in [6.45, 7) is 3.23. The molecule has 0 bridgehead atoms. The monoisotopic (exact) mass is 314 g/mol. The number of benzene rings is 1. The zero-order valence-corrected chi connectivity index (χ0v) is 13.1. The Morgan fingerprint density at radius 3 is 2.96 bits per heavy atom. The highest BCUT2D eigenvalue weighted by Gasteiger charge is 2.23. The minimum atomic E-state index is -0.204. The molecule has 0 spiro atoms. The van der Waals surface area contributed by atoms with Crippen LogP contribution >= 0.6 is 0 Å². The molecule has 1 aliphatic heterocycles. The van der Waals surface area contributed by atoms with Gasteiger partial charge in [0.15, 0.2) is 0 Å². The van der Waals surface area contributed by atoms with Crippen LogP contribution < -0.4 is 11.3 Å². The molecule has 0 saturated carbocycles. The predicted octanol–water partition coefficient (Wildman–Crippen LogP) is 0.984. The number of aryl methyl sites for hydroxylation is 1. The number of nitrogens with two attached hydrogens (primary N) is 1. The summed E-state index contributed by atoms with van der Waals surface area (Å²) in [6.07, 6.45) is 4.36. The lowest BCUT2D eigenvalue weighted by Gasteiger charge is -2.31. The van der Waals surface area contributed by atoms with Crippen LogP contribution in [0.1, 0.15) is 19.3 Å². The maximum Gasteiger partial charge on any atom is 0.261 e. The van der Waals surface area contributed by atoms with E-state index < -0.39 is 0 Å². The van der Waals surface area contributed by atoms with Gasteiger partial charge in [-0.15, -0.1) is 0 Å². The summed E-state index contributed by atoms with van der Waals surface area (Å²) < 4.78 is 1.66. The second kappa shape index (κ2) is 6.91. The number of rotatable bonds is 5. The number of piperidine rings is 1. The third-order valence-electron chi connectivity index (χ3n) is 4.51. The topological polar surface area (TPSA) is 81.2 Å². The van der Waals surface area contributed by atoms with E-state index in [1.54, 1.807) is 10.9 Å². The second-order valence-electron chi connectivity index (χ2n) is 6.16. The summed E-state index contributed by atoms with van der Waals surface area (Å²) in [5.41, 5.74) is 6.14. The molecule has 1 aliphatic rings. The normalized spacial score (nSPS) is 19.0. The van der Waals surface area contributed by atoms with E-state index in [1.807, 2.05) is 24.3 Å². The fraction of sp³-hybridized carbons (Fsp3) is 0.471. The maximum atomic E-state index is 12.4. The van der Waals surface area contributed by atoms with Gasteiger partial charge in [0, 0.05) is 13.1 Å². The van der Waals surface area contributed by atoms with Crippen LogP contribution in [0, 0.1) is 5.92 Å². The Hall–Kier alpha value is -2.21. The van der Waals surface area contributed by atoms with E-state index in [-0.39, 0.29) is 17.4 Å². The Kier molecular flexibility index (Phi) is 4.71. The molecule has 6 heteroatoms. The van der Waals surface area contributed by atoms with Gasteiger partial charge in [0.1, 0.15) is 0 Å². The Morgan fingerprint density at radius 1 is 1.30 bits per heavy atom. The first kappa shape index (κ1) is 15.7. The Morgan fingerprint density at radius 2 is 2.13 bits per heavy atom. The van der Waals surface area contributed by atoms with Crippen LogP contribution in [-0.2, 0) is 11.3 Å². The molecule has 1 aromatic carbocycles. The van der Waals surface area contributed by atoms with E-state index in [2.05, 4.69) is 9.88 Å². The quantitative estimate of drug-likeness (QED) is 0.892. The number of carbonyl (C=O) groups excluding carboxylic acids is 1. The van der Waals surface area contributed by atoms with E-state index in [1.165, 1.54) is 0 Å². The third-order valence-corrected chi connectivity index (χ3v) is 4.51. The minimum absolute atomic E-state index is 0.00394. The molecule has 2 N–H and O–H groups in total. The number of nitrogens with zero attached hydrogens (tertiary/aromatic N) is 3. The zero-order chi connectivity index (χ0) is 16.2. The molecule has 1 saturated heterocycles. The molecule has 2 aromatic rings. The SMILES string of the molecule is NC(=O)C1CCCN(CCCn2cnc3ccccc3c2=O)C1. The summed E-state index contributed by atoms with van der Waals surface area (Å²) in [5.74, 6) is -0.238. The zero-order valence-electron chi connectivity index (χ0n) is 13.1. The molecule has 1 unspecified atom stereocenters. The Labute approximate surface area is 134 Å². The molecular formula is C17H22N4O2. The van der Waals surface area contributed by atoms with Gasteiger partial charge in [-0.1, -0.05) is 12.1 Å². The number of amides is 1. The molecule has 1 aromatic heterocycles. The molecule has 122 valence electrons. The summed E-state index contributed by atoms with van der Waals surface area (Å²) in [6, 6.07) is 7.39. The molecule has 1 atom stereocenters. The third kappa shape index (κ3) is 3.59. The van der Waals surface area contributed by atoms with Gasteiger partial charge in [-0.05, 0) is 44.5 Å². The number of carbonyl (C=O) groups is 1. The smallest absolute Gasteiger partial charge is 0.261 e.